The molecule has 2 nitrogen and oxygen atoms in total. The van der Waals surface area contributed by atoms with Crippen LogP contribution in [0.3, 0.4) is 0 Å². The summed E-state index contributed by atoms with van der Waals surface area (Å²) in [6.07, 6.45) is 1.13. The largest absolute Gasteiger partial charge is 0.312 e. The van der Waals surface area contributed by atoms with Gasteiger partial charge in [0.1, 0.15) is 5.82 Å². The molecule has 3 heteroatoms. The molecule has 0 aromatic heterocycles. The predicted molar refractivity (Wildman–Crippen MR) is 77.6 cm³/mol. The molecule has 1 aromatic rings. The third-order valence-electron chi connectivity index (χ3n) is 4.17. The monoisotopic (exact) mass is 264 g/mol. The zero-order chi connectivity index (χ0) is 13.8. The molecule has 1 heterocycles. The van der Waals surface area contributed by atoms with Crippen LogP contribution >= 0.6 is 0 Å². The molecule has 2 rings (SSSR count). The van der Waals surface area contributed by atoms with Crippen LogP contribution in [0.15, 0.2) is 24.3 Å². The van der Waals surface area contributed by atoms with E-state index >= 15 is 0 Å². The minimum atomic E-state index is -0.0895. The minimum Gasteiger partial charge on any atom is -0.312 e. The number of benzene rings is 1. The third kappa shape index (κ3) is 3.54. The average molecular weight is 264 g/mol. The lowest BCUT2D eigenvalue weighted by Crippen LogP contribution is -2.42. The second-order valence-electron chi connectivity index (χ2n) is 5.85. The van der Waals surface area contributed by atoms with E-state index in [-0.39, 0.29) is 11.9 Å². The summed E-state index contributed by atoms with van der Waals surface area (Å²) in [4.78, 5) is 2.41. The fraction of sp³-hybridized carbons (Fsp3) is 0.625. The Kier molecular flexibility index (Phi) is 4.94. The van der Waals surface area contributed by atoms with Crippen LogP contribution in [0, 0.1) is 11.7 Å². The molecule has 2 atom stereocenters. The molecule has 0 spiro atoms. The van der Waals surface area contributed by atoms with Crippen molar-refractivity contribution < 1.29 is 4.39 Å². The number of hydrogen-bond acceptors (Lipinski definition) is 2. The lowest BCUT2D eigenvalue weighted by Gasteiger charge is -2.32. The SMILES string of the molecule is CC(C)C1CN(C(C)c2ccccc2F)CCCN1. The first-order valence-corrected chi connectivity index (χ1v) is 7.31. The van der Waals surface area contributed by atoms with Crippen molar-refractivity contribution in [1.29, 1.82) is 0 Å². The maximum absolute atomic E-state index is 13.9. The zero-order valence-corrected chi connectivity index (χ0v) is 12.2. The molecule has 1 saturated heterocycles. The summed E-state index contributed by atoms with van der Waals surface area (Å²) in [5, 5.41) is 3.60. The van der Waals surface area contributed by atoms with Crippen LogP contribution in [0.4, 0.5) is 4.39 Å². The molecule has 0 aliphatic carbocycles. The Morgan fingerprint density at radius 1 is 1.26 bits per heavy atom. The van der Waals surface area contributed by atoms with E-state index in [1.54, 1.807) is 12.1 Å². The van der Waals surface area contributed by atoms with Gasteiger partial charge in [-0.1, -0.05) is 32.0 Å². The Bertz CT molecular complexity index is 405. The van der Waals surface area contributed by atoms with Gasteiger partial charge in [0.05, 0.1) is 0 Å². The van der Waals surface area contributed by atoms with Gasteiger partial charge in [-0.15, -0.1) is 0 Å². The van der Waals surface area contributed by atoms with Crippen LogP contribution in [-0.4, -0.2) is 30.6 Å². The number of hydrogen-bond donors (Lipinski definition) is 1. The molecule has 0 saturated carbocycles. The standard InChI is InChI=1S/C16H25FN2/c1-12(2)16-11-19(10-6-9-18-16)13(3)14-7-4-5-8-15(14)17/h4-5,7-8,12-13,16,18H,6,9-11H2,1-3H3. The molecule has 106 valence electrons. The minimum absolute atomic E-state index is 0.0895. The highest BCUT2D eigenvalue weighted by molar-refractivity contribution is 5.20. The molecular formula is C16H25FN2. The molecule has 0 amide bonds. The van der Waals surface area contributed by atoms with Gasteiger partial charge in [-0.25, -0.2) is 4.39 Å². The van der Waals surface area contributed by atoms with Crippen molar-refractivity contribution in [3.8, 4) is 0 Å². The first kappa shape index (κ1) is 14.5. The molecule has 19 heavy (non-hydrogen) atoms. The lowest BCUT2D eigenvalue weighted by molar-refractivity contribution is 0.189. The summed E-state index contributed by atoms with van der Waals surface area (Å²) >= 11 is 0. The van der Waals surface area contributed by atoms with E-state index in [4.69, 9.17) is 0 Å². The van der Waals surface area contributed by atoms with E-state index in [9.17, 15) is 4.39 Å². The van der Waals surface area contributed by atoms with Gasteiger partial charge in [0, 0.05) is 30.7 Å². The second kappa shape index (κ2) is 6.49. The van der Waals surface area contributed by atoms with Crippen molar-refractivity contribution in [2.45, 2.75) is 39.3 Å². The smallest absolute Gasteiger partial charge is 0.127 e. The molecule has 1 fully saturated rings. The number of rotatable bonds is 3. The zero-order valence-electron chi connectivity index (χ0n) is 12.2. The van der Waals surface area contributed by atoms with Crippen LogP contribution in [0.25, 0.3) is 0 Å². The van der Waals surface area contributed by atoms with E-state index in [2.05, 4.69) is 31.0 Å². The summed E-state index contributed by atoms with van der Waals surface area (Å²) in [5.74, 6) is 0.515. The first-order chi connectivity index (χ1) is 9.09. The van der Waals surface area contributed by atoms with Gasteiger partial charge in [0.25, 0.3) is 0 Å². The van der Waals surface area contributed by atoms with Crippen molar-refractivity contribution in [2.24, 2.45) is 5.92 Å². The number of nitrogens with zero attached hydrogens (tertiary/aromatic N) is 1. The van der Waals surface area contributed by atoms with Crippen molar-refractivity contribution in [1.82, 2.24) is 10.2 Å². The fourth-order valence-electron chi connectivity index (χ4n) is 2.79. The Hall–Kier alpha value is -0.930. The van der Waals surface area contributed by atoms with Gasteiger partial charge >= 0.3 is 0 Å². The van der Waals surface area contributed by atoms with Crippen LogP contribution in [0.1, 0.15) is 38.8 Å². The van der Waals surface area contributed by atoms with E-state index in [1.807, 2.05) is 12.1 Å². The molecule has 1 N–H and O–H groups in total. The number of halogens is 1. The van der Waals surface area contributed by atoms with E-state index in [0.717, 1.165) is 31.6 Å². The second-order valence-corrected chi connectivity index (χ2v) is 5.85. The van der Waals surface area contributed by atoms with E-state index < -0.39 is 0 Å². The molecule has 0 radical (unpaired) electrons. The molecule has 1 aliphatic rings. The van der Waals surface area contributed by atoms with Gasteiger partial charge in [-0.3, -0.25) is 4.90 Å². The van der Waals surface area contributed by atoms with Crippen LogP contribution in [0.5, 0.6) is 0 Å². The molecule has 1 aromatic carbocycles. The van der Waals surface area contributed by atoms with Crippen molar-refractivity contribution >= 4 is 0 Å². The quantitative estimate of drug-likeness (QED) is 0.902. The van der Waals surface area contributed by atoms with E-state index in [0.29, 0.717) is 12.0 Å². The summed E-state index contributed by atoms with van der Waals surface area (Å²) < 4.78 is 13.9. The Morgan fingerprint density at radius 2 is 2.00 bits per heavy atom. The maximum Gasteiger partial charge on any atom is 0.127 e. The Labute approximate surface area is 116 Å². The number of nitrogens with one attached hydrogen (secondary N) is 1. The summed E-state index contributed by atoms with van der Waals surface area (Å²) in [7, 11) is 0. The third-order valence-corrected chi connectivity index (χ3v) is 4.17. The highest BCUT2D eigenvalue weighted by Gasteiger charge is 2.25. The molecular weight excluding hydrogens is 239 g/mol. The van der Waals surface area contributed by atoms with Crippen molar-refractivity contribution in [3.63, 3.8) is 0 Å². The summed E-state index contributed by atoms with van der Waals surface area (Å²) in [6, 6.07) is 7.78. The molecule has 0 bridgehead atoms. The fourth-order valence-corrected chi connectivity index (χ4v) is 2.79. The Morgan fingerprint density at radius 3 is 2.68 bits per heavy atom. The summed E-state index contributed by atoms with van der Waals surface area (Å²) in [6.45, 7) is 9.69. The van der Waals surface area contributed by atoms with Gasteiger partial charge in [0.15, 0.2) is 0 Å². The Balaban J connectivity index is 2.13. The highest BCUT2D eigenvalue weighted by Crippen LogP contribution is 2.24. The van der Waals surface area contributed by atoms with Crippen LogP contribution in [0.2, 0.25) is 0 Å². The predicted octanol–water partition coefficient (Wildman–Crippen LogP) is 3.21. The highest BCUT2D eigenvalue weighted by atomic mass is 19.1. The van der Waals surface area contributed by atoms with Crippen LogP contribution < -0.4 is 5.32 Å². The topological polar surface area (TPSA) is 15.3 Å². The first-order valence-electron chi connectivity index (χ1n) is 7.31. The van der Waals surface area contributed by atoms with Gasteiger partial charge in [0.2, 0.25) is 0 Å². The van der Waals surface area contributed by atoms with Gasteiger partial charge < -0.3 is 5.32 Å². The van der Waals surface area contributed by atoms with Crippen molar-refractivity contribution in [2.75, 3.05) is 19.6 Å². The average Bonchev–Trinajstić information content (AvgIpc) is 2.64. The maximum atomic E-state index is 13.9. The molecule has 1 aliphatic heterocycles. The normalized spacial score (nSPS) is 23.3. The van der Waals surface area contributed by atoms with Gasteiger partial charge in [-0.2, -0.15) is 0 Å². The van der Waals surface area contributed by atoms with E-state index in [1.165, 1.54) is 0 Å². The van der Waals surface area contributed by atoms with Crippen molar-refractivity contribution in [3.05, 3.63) is 35.6 Å². The summed E-state index contributed by atoms with van der Waals surface area (Å²) in [5.41, 5.74) is 0.812. The van der Waals surface area contributed by atoms with Crippen LogP contribution in [-0.2, 0) is 0 Å². The van der Waals surface area contributed by atoms with Gasteiger partial charge in [-0.05, 0) is 31.9 Å². The lowest BCUT2D eigenvalue weighted by atomic mass is 10.0. The molecule has 2 unspecified atom stereocenters.